The Balaban J connectivity index is 1.57. The third kappa shape index (κ3) is 10.2. The third-order valence-corrected chi connectivity index (χ3v) is 13.2. The van der Waals surface area contributed by atoms with E-state index in [1.165, 1.54) is 4.31 Å². The molecule has 296 valence electrons. The number of benzene rings is 1. The van der Waals surface area contributed by atoms with E-state index >= 15 is 0 Å². The summed E-state index contributed by atoms with van der Waals surface area (Å²) < 4.78 is 28.2. The Hall–Kier alpha value is -3.52. The monoisotopic (exact) mass is 758 g/mol. The van der Waals surface area contributed by atoms with E-state index in [-0.39, 0.29) is 48.2 Å². The van der Waals surface area contributed by atoms with Crippen LogP contribution in [0.15, 0.2) is 29.2 Å². The zero-order valence-corrected chi connectivity index (χ0v) is 33.5. The number of unbranched alkanes of at least 4 members (excludes halogenated alkanes) is 1. The van der Waals surface area contributed by atoms with Crippen molar-refractivity contribution < 1.29 is 32.4 Å². The highest BCUT2D eigenvalue weighted by Gasteiger charge is 2.47. The van der Waals surface area contributed by atoms with Gasteiger partial charge in [-0.1, -0.05) is 91.8 Å². The number of carbonyl (C=O) groups is 5. The van der Waals surface area contributed by atoms with Crippen molar-refractivity contribution >= 4 is 39.6 Å². The number of rotatable bonds is 15. The number of hydrogen-bond donors (Lipinski definition) is 4. The molecule has 3 aliphatic rings. The van der Waals surface area contributed by atoms with Crippen LogP contribution < -0.4 is 21.3 Å². The smallest absolute Gasteiger partial charge is 0.315 e. The predicted octanol–water partition coefficient (Wildman–Crippen LogP) is 4.11. The number of amides is 5. The first kappa shape index (κ1) is 42.2. The second-order valence-corrected chi connectivity index (χ2v) is 18.3. The molecule has 13 nitrogen and oxygen atoms in total. The van der Waals surface area contributed by atoms with E-state index in [2.05, 4.69) is 21.3 Å². The van der Waals surface area contributed by atoms with Crippen LogP contribution in [0.2, 0.25) is 0 Å². The fourth-order valence-electron chi connectivity index (χ4n) is 8.01. The summed E-state index contributed by atoms with van der Waals surface area (Å²) in [5.41, 5.74) is 0.177. The summed E-state index contributed by atoms with van der Waals surface area (Å²) in [6.45, 7) is 14.3. The van der Waals surface area contributed by atoms with Crippen LogP contribution in [0.25, 0.3) is 0 Å². The molecule has 5 atom stereocenters. The number of likely N-dealkylation sites (N-methyl/N-ethyl adjacent to an activating group) is 1. The SMILES string of the molecule is CCCCC(NC(=O)[C@@H]1[C@@H](C(C)C)CCN1C(=O)[C@@H](NC(=O)N[C@H](CN1Cc2ccccc2S1(=O)=O)C(C)(C)C)C1CCCCC1)C(=O)C(=O)NCC. The molecular weight excluding hydrogens is 697 g/mol. The van der Waals surface area contributed by atoms with E-state index in [0.29, 0.717) is 31.4 Å². The lowest BCUT2D eigenvalue weighted by atomic mass is 9.82. The maximum atomic E-state index is 14.7. The maximum absolute atomic E-state index is 14.7. The predicted molar refractivity (Wildman–Crippen MR) is 203 cm³/mol. The highest BCUT2D eigenvalue weighted by atomic mass is 32.2. The number of urea groups is 1. The standard InChI is InChI=1S/C39H62N6O7S/c1-8-10-19-29(34(46)36(48)40-9-2)41-35(47)33-28(25(3)4)21-22-45(33)37(49)32(26-16-12-11-13-17-26)43-38(50)42-31(39(5,6)7)24-44-23-27-18-14-15-20-30(27)53(44,51)52/h14-15,18,20,25-26,28-29,31-33H,8-13,16-17,19,21-24H2,1-7H3,(H,40,48)(H,41,47)(H2,42,43,50)/t28-,29?,31-,32+,33+/m1/s1. The number of sulfonamides is 1. The number of nitrogens with one attached hydrogen (secondary N) is 4. The van der Waals surface area contributed by atoms with Gasteiger partial charge in [0.2, 0.25) is 27.6 Å². The Kier molecular flexibility index (Phi) is 14.5. The van der Waals surface area contributed by atoms with E-state index in [9.17, 15) is 32.4 Å². The van der Waals surface area contributed by atoms with Crippen molar-refractivity contribution in [1.29, 1.82) is 0 Å². The first-order chi connectivity index (χ1) is 25.0. The van der Waals surface area contributed by atoms with Crippen LogP contribution >= 0.6 is 0 Å². The Morgan fingerprint density at radius 3 is 2.21 bits per heavy atom. The average Bonchev–Trinajstić information content (AvgIpc) is 3.67. The Bertz CT molecular complexity index is 1590. The quantitative estimate of drug-likeness (QED) is 0.195. The topological polar surface area (TPSA) is 174 Å². The molecule has 1 saturated carbocycles. The lowest BCUT2D eigenvalue weighted by molar-refractivity contribution is -0.144. The van der Waals surface area contributed by atoms with Crippen molar-refractivity contribution in [3.8, 4) is 0 Å². The summed E-state index contributed by atoms with van der Waals surface area (Å²) in [6.07, 6.45) is 6.61. The molecule has 1 saturated heterocycles. The Labute approximate surface area is 316 Å². The fourth-order valence-corrected chi connectivity index (χ4v) is 9.66. The molecule has 1 aromatic carbocycles. The minimum absolute atomic E-state index is 0.0432. The lowest BCUT2D eigenvalue weighted by Gasteiger charge is -2.38. The largest absolute Gasteiger partial charge is 0.350 e. The van der Waals surface area contributed by atoms with Gasteiger partial charge >= 0.3 is 6.03 Å². The van der Waals surface area contributed by atoms with E-state index < -0.39 is 63.2 Å². The highest BCUT2D eigenvalue weighted by molar-refractivity contribution is 7.89. The molecule has 1 aromatic rings. The van der Waals surface area contributed by atoms with Crippen LogP contribution in [0, 0.1) is 23.2 Å². The van der Waals surface area contributed by atoms with Gasteiger partial charge in [0.1, 0.15) is 12.1 Å². The molecule has 2 aliphatic heterocycles. The molecule has 0 bridgehead atoms. The Morgan fingerprint density at radius 1 is 0.925 bits per heavy atom. The van der Waals surface area contributed by atoms with Gasteiger partial charge < -0.3 is 26.2 Å². The molecule has 0 radical (unpaired) electrons. The number of ketones is 1. The van der Waals surface area contributed by atoms with E-state index in [4.69, 9.17) is 0 Å². The van der Waals surface area contributed by atoms with Crippen molar-refractivity contribution in [3.63, 3.8) is 0 Å². The molecule has 14 heteroatoms. The van der Waals surface area contributed by atoms with Gasteiger partial charge in [-0.3, -0.25) is 19.2 Å². The molecule has 4 N–H and O–H groups in total. The van der Waals surface area contributed by atoms with Gasteiger partial charge in [-0.15, -0.1) is 0 Å². The highest BCUT2D eigenvalue weighted by Crippen LogP contribution is 2.35. The number of Topliss-reactive ketones (excluding diaryl/α,β-unsaturated/α-hetero) is 1. The van der Waals surface area contributed by atoms with Crippen molar-refractivity contribution in [1.82, 2.24) is 30.5 Å². The summed E-state index contributed by atoms with van der Waals surface area (Å²) in [6, 6.07) is 2.92. The van der Waals surface area contributed by atoms with Crippen molar-refractivity contribution in [2.45, 2.75) is 142 Å². The zero-order valence-electron chi connectivity index (χ0n) is 32.7. The van der Waals surface area contributed by atoms with Crippen molar-refractivity contribution in [3.05, 3.63) is 29.8 Å². The van der Waals surface area contributed by atoms with Crippen molar-refractivity contribution in [2.75, 3.05) is 19.6 Å². The first-order valence-electron chi connectivity index (χ1n) is 19.6. The van der Waals surface area contributed by atoms with E-state index in [0.717, 1.165) is 38.5 Å². The third-order valence-electron chi connectivity index (χ3n) is 11.2. The fraction of sp³-hybridized carbons (Fsp3) is 0.718. The van der Waals surface area contributed by atoms with Gasteiger partial charge in [-0.25, -0.2) is 13.2 Å². The number of likely N-dealkylation sites (tertiary alicyclic amines) is 1. The summed E-state index contributed by atoms with van der Waals surface area (Å²) >= 11 is 0. The van der Waals surface area contributed by atoms with Gasteiger partial charge in [0.25, 0.3) is 5.91 Å². The minimum atomic E-state index is -3.74. The van der Waals surface area contributed by atoms with Crippen LogP contribution in [-0.2, 0) is 35.7 Å². The van der Waals surface area contributed by atoms with Gasteiger partial charge in [0.15, 0.2) is 0 Å². The summed E-state index contributed by atoms with van der Waals surface area (Å²) in [4.78, 5) is 70.3. The number of carbonyl (C=O) groups excluding carboxylic acids is 5. The summed E-state index contributed by atoms with van der Waals surface area (Å²) in [5.74, 6) is -2.57. The normalized spacial score (nSPS) is 22.1. The molecule has 0 spiro atoms. The van der Waals surface area contributed by atoms with Crippen LogP contribution in [0.1, 0.15) is 112 Å². The van der Waals surface area contributed by atoms with Gasteiger partial charge in [-0.05, 0) is 67.4 Å². The molecule has 1 aliphatic carbocycles. The number of nitrogens with zero attached hydrogens (tertiary/aromatic N) is 2. The lowest BCUT2D eigenvalue weighted by Crippen LogP contribution is -2.61. The molecule has 2 fully saturated rings. The average molecular weight is 759 g/mol. The second kappa shape index (κ2) is 18.2. The minimum Gasteiger partial charge on any atom is -0.350 e. The van der Waals surface area contributed by atoms with Crippen molar-refractivity contribution in [2.24, 2.45) is 23.2 Å². The van der Waals surface area contributed by atoms with Crippen LogP contribution in [-0.4, -0.2) is 91.0 Å². The second-order valence-electron chi connectivity index (χ2n) is 16.4. The van der Waals surface area contributed by atoms with E-state index in [1.807, 2.05) is 47.6 Å². The van der Waals surface area contributed by atoms with Gasteiger partial charge in [0, 0.05) is 32.2 Å². The molecular formula is C39H62N6O7S. The van der Waals surface area contributed by atoms with Gasteiger partial charge in [-0.2, -0.15) is 4.31 Å². The molecule has 2 heterocycles. The molecule has 1 unspecified atom stereocenters. The maximum Gasteiger partial charge on any atom is 0.315 e. The zero-order chi connectivity index (χ0) is 39.1. The molecule has 53 heavy (non-hydrogen) atoms. The van der Waals surface area contributed by atoms with E-state index in [1.54, 1.807) is 30.0 Å². The number of fused-ring (bicyclic) bond motifs is 1. The van der Waals surface area contributed by atoms with Gasteiger partial charge in [0.05, 0.1) is 10.9 Å². The Morgan fingerprint density at radius 2 is 1.60 bits per heavy atom. The molecule has 4 rings (SSSR count). The molecule has 0 aromatic heterocycles. The number of hydrogen-bond acceptors (Lipinski definition) is 7. The van der Waals surface area contributed by atoms with Crippen LogP contribution in [0.4, 0.5) is 4.79 Å². The van der Waals surface area contributed by atoms with Crippen LogP contribution in [0.5, 0.6) is 0 Å². The van der Waals surface area contributed by atoms with Crippen LogP contribution in [0.3, 0.4) is 0 Å². The summed E-state index contributed by atoms with van der Waals surface area (Å²) in [7, 11) is -3.74. The first-order valence-corrected chi connectivity index (χ1v) is 21.0. The summed E-state index contributed by atoms with van der Waals surface area (Å²) in [5, 5.41) is 11.4. The molecule has 5 amide bonds.